The minimum atomic E-state index is -3.06. The lowest BCUT2D eigenvalue weighted by Crippen LogP contribution is -2.31. The molecular formula is C13H20N2O3S2. The quantitative estimate of drug-likeness (QED) is 0.779. The van der Waals surface area contributed by atoms with Crippen LogP contribution in [-0.2, 0) is 16.3 Å². The van der Waals surface area contributed by atoms with Gasteiger partial charge in [-0.25, -0.2) is 8.42 Å². The van der Waals surface area contributed by atoms with Gasteiger partial charge in [0.2, 0.25) is 0 Å². The normalized spacial score (nSPS) is 23.7. The Morgan fingerprint density at radius 2 is 2.15 bits per heavy atom. The van der Waals surface area contributed by atoms with Crippen LogP contribution in [0.3, 0.4) is 0 Å². The van der Waals surface area contributed by atoms with Crippen molar-refractivity contribution >= 4 is 27.2 Å². The first kappa shape index (κ1) is 15.6. The predicted molar refractivity (Wildman–Crippen MR) is 78.8 cm³/mol. The van der Waals surface area contributed by atoms with Crippen molar-refractivity contribution in [1.82, 2.24) is 9.59 Å². The fourth-order valence-corrected chi connectivity index (χ4v) is 4.66. The third kappa shape index (κ3) is 3.44. The van der Waals surface area contributed by atoms with Crippen molar-refractivity contribution in [1.29, 1.82) is 0 Å². The Morgan fingerprint density at radius 1 is 1.40 bits per heavy atom. The number of rotatable bonds is 5. The second-order valence-corrected chi connectivity index (χ2v) is 8.56. The molecule has 7 heteroatoms. The molecular weight excluding hydrogens is 296 g/mol. The van der Waals surface area contributed by atoms with Gasteiger partial charge in [-0.3, -0.25) is 4.79 Å². The number of nitrogens with zero attached hydrogens (tertiary/aromatic N) is 2. The maximum Gasteiger partial charge on any atom is 0.179 e. The van der Waals surface area contributed by atoms with Crippen LogP contribution in [0.15, 0.2) is 0 Å². The van der Waals surface area contributed by atoms with Crippen molar-refractivity contribution in [3.05, 3.63) is 10.6 Å². The molecule has 0 aliphatic heterocycles. The van der Waals surface area contributed by atoms with E-state index in [1.165, 1.54) is 6.26 Å². The van der Waals surface area contributed by atoms with Gasteiger partial charge in [0.1, 0.15) is 14.7 Å². The Balaban J connectivity index is 2.14. The maximum absolute atomic E-state index is 12.6. The molecule has 0 aromatic carbocycles. The van der Waals surface area contributed by atoms with Gasteiger partial charge >= 0.3 is 0 Å². The largest absolute Gasteiger partial charge is 0.293 e. The van der Waals surface area contributed by atoms with Crippen molar-refractivity contribution in [2.24, 2.45) is 5.92 Å². The van der Waals surface area contributed by atoms with Crippen LogP contribution in [0.1, 0.15) is 54.4 Å². The van der Waals surface area contributed by atoms with Gasteiger partial charge in [-0.05, 0) is 37.2 Å². The van der Waals surface area contributed by atoms with Gasteiger partial charge in [-0.2, -0.15) is 0 Å². The number of carbonyl (C=O) groups is 1. The summed E-state index contributed by atoms with van der Waals surface area (Å²) in [6, 6.07) is 0. The lowest BCUT2D eigenvalue weighted by molar-refractivity contribution is 0.0894. The van der Waals surface area contributed by atoms with Gasteiger partial charge in [0.05, 0.1) is 10.9 Å². The number of ketones is 1. The molecule has 2 unspecified atom stereocenters. The highest BCUT2D eigenvalue weighted by molar-refractivity contribution is 7.91. The molecule has 1 aromatic rings. The van der Waals surface area contributed by atoms with E-state index in [0.29, 0.717) is 17.7 Å². The summed E-state index contributed by atoms with van der Waals surface area (Å²) >= 11 is 1.14. The molecule has 0 radical (unpaired) electrons. The Labute approximate surface area is 123 Å². The topological polar surface area (TPSA) is 77.0 Å². The average molecular weight is 316 g/mol. The Kier molecular flexibility index (Phi) is 4.90. The highest BCUT2D eigenvalue weighted by atomic mass is 32.2. The van der Waals surface area contributed by atoms with Crippen molar-refractivity contribution < 1.29 is 13.2 Å². The first-order chi connectivity index (χ1) is 9.43. The fourth-order valence-electron chi connectivity index (χ4n) is 2.75. The minimum Gasteiger partial charge on any atom is -0.293 e. The van der Waals surface area contributed by atoms with E-state index in [1.807, 2.05) is 6.92 Å². The number of sulfone groups is 1. The van der Waals surface area contributed by atoms with E-state index in [-0.39, 0.29) is 17.0 Å². The molecule has 1 heterocycles. The summed E-state index contributed by atoms with van der Waals surface area (Å²) in [4.78, 5) is 13.2. The molecule has 1 saturated carbocycles. The third-order valence-corrected chi connectivity index (χ3v) is 6.29. The summed E-state index contributed by atoms with van der Waals surface area (Å²) in [6.45, 7) is 2.04. The molecule has 0 amide bonds. The first-order valence-corrected chi connectivity index (χ1v) is 9.70. The highest BCUT2D eigenvalue weighted by Crippen LogP contribution is 2.32. The summed E-state index contributed by atoms with van der Waals surface area (Å²) in [5, 5.41) is 3.64. The molecule has 5 nitrogen and oxygen atoms in total. The Hall–Kier alpha value is -0.820. The van der Waals surface area contributed by atoms with Crippen LogP contribution < -0.4 is 0 Å². The van der Waals surface area contributed by atoms with E-state index < -0.39 is 9.84 Å². The van der Waals surface area contributed by atoms with Crippen molar-refractivity contribution in [3.63, 3.8) is 0 Å². The summed E-state index contributed by atoms with van der Waals surface area (Å²) < 4.78 is 27.2. The van der Waals surface area contributed by atoms with Gasteiger partial charge < -0.3 is 0 Å². The molecule has 1 fully saturated rings. The monoisotopic (exact) mass is 316 g/mol. The summed E-state index contributed by atoms with van der Waals surface area (Å²) in [5.41, 5.74) is 0.768. The molecule has 20 heavy (non-hydrogen) atoms. The van der Waals surface area contributed by atoms with Crippen LogP contribution in [0.2, 0.25) is 0 Å². The standard InChI is InChI=1S/C13H20N2O3S2/c1-3-5-11-13(19-15-14-11)12(16)9-6-4-7-10(8-9)20(2,17)18/h9-10H,3-8H2,1-2H3. The maximum atomic E-state index is 12.6. The SMILES string of the molecule is CCCc1nnsc1C(=O)C1CCCC(S(C)(=O)=O)C1. The van der Waals surface area contributed by atoms with E-state index in [9.17, 15) is 13.2 Å². The zero-order valence-corrected chi connectivity index (χ0v) is 13.5. The summed E-state index contributed by atoms with van der Waals surface area (Å²) in [6.07, 6.45) is 5.62. The van der Waals surface area contributed by atoms with Gasteiger partial charge in [-0.15, -0.1) is 5.10 Å². The molecule has 1 aromatic heterocycles. The van der Waals surface area contributed by atoms with E-state index >= 15 is 0 Å². The van der Waals surface area contributed by atoms with E-state index in [1.54, 1.807) is 0 Å². The number of aryl methyl sites for hydroxylation is 1. The number of hydrogen-bond donors (Lipinski definition) is 0. The lowest BCUT2D eigenvalue weighted by Gasteiger charge is -2.26. The van der Waals surface area contributed by atoms with Gasteiger partial charge in [0.15, 0.2) is 5.78 Å². The molecule has 1 aliphatic rings. The molecule has 0 N–H and O–H groups in total. The number of hydrogen-bond acceptors (Lipinski definition) is 6. The molecule has 112 valence electrons. The van der Waals surface area contributed by atoms with Crippen LogP contribution >= 0.6 is 11.5 Å². The van der Waals surface area contributed by atoms with E-state index in [4.69, 9.17) is 0 Å². The van der Waals surface area contributed by atoms with Gasteiger partial charge in [-0.1, -0.05) is 24.3 Å². The second kappa shape index (κ2) is 6.30. The van der Waals surface area contributed by atoms with Gasteiger partial charge in [0.25, 0.3) is 0 Å². The van der Waals surface area contributed by atoms with Crippen LogP contribution in [0.4, 0.5) is 0 Å². The van der Waals surface area contributed by atoms with E-state index in [2.05, 4.69) is 9.59 Å². The summed E-state index contributed by atoms with van der Waals surface area (Å²) in [5.74, 6) is -0.155. The summed E-state index contributed by atoms with van der Waals surface area (Å²) in [7, 11) is -3.06. The van der Waals surface area contributed by atoms with Crippen LogP contribution in [0.5, 0.6) is 0 Å². The lowest BCUT2D eigenvalue weighted by atomic mass is 9.85. The predicted octanol–water partition coefficient (Wildman–Crippen LogP) is 2.28. The Morgan fingerprint density at radius 3 is 2.80 bits per heavy atom. The molecule has 2 rings (SSSR count). The van der Waals surface area contributed by atoms with Crippen molar-refractivity contribution in [2.45, 2.75) is 50.7 Å². The fraction of sp³-hybridized carbons (Fsp3) is 0.769. The highest BCUT2D eigenvalue weighted by Gasteiger charge is 2.34. The number of carbonyl (C=O) groups excluding carboxylic acids is 1. The average Bonchev–Trinajstić information content (AvgIpc) is 2.86. The molecule has 0 bridgehead atoms. The zero-order valence-electron chi connectivity index (χ0n) is 11.8. The molecule has 1 aliphatic carbocycles. The molecule has 2 atom stereocenters. The van der Waals surface area contributed by atoms with Gasteiger partial charge in [0, 0.05) is 12.2 Å². The Bertz CT molecular complexity index is 580. The number of aromatic nitrogens is 2. The smallest absolute Gasteiger partial charge is 0.179 e. The zero-order chi connectivity index (χ0) is 14.8. The second-order valence-electron chi connectivity index (χ2n) is 5.48. The van der Waals surface area contributed by atoms with Crippen molar-refractivity contribution in [3.8, 4) is 0 Å². The van der Waals surface area contributed by atoms with E-state index in [0.717, 1.165) is 42.9 Å². The number of Topliss-reactive ketones (excluding diaryl/α,β-unsaturated/α-hetero) is 1. The third-order valence-electron chi connectivity index (χ3n) is 3.87. The van der Waals surface area contributed by atoms with Crippen LogP contribution in [0, 0.1) is 5.92 Å². The minimum absolute atomic E-state index is 0.0387. The van der Waals surface area contributed by atoms with Crippen LogP contribution in [0.25, 0.3) is 0 Å². The van der Waals surface area contributed by atoms with Crippen molar-refractivity contribution in [2.75, 3.05) is 6.26 Å². The molecule has 0 saturated heterocycles. The van der Waals surface area contributed by atoms with Crippen LogP contribution in [-0.4, -0.2) is 35.3 Å². The first-order valence-electron chi connectivity index (χ1n) is 6.97. The molecule has 0 spiro atoms.